The van der Waals surface area contributed by atoms with Gasteiger partial charge in [0, 0.05) is 17.4 Å². The second-order valence-electron chi connectivity index (χ2n) is 3.18. The number of terminal acetylenes is 1. The van der Waals surface area contributed by atoms with Crippen LogP contribution in [-0.2, 0) is 6.42 Å². The van der Waals surface area contributed by atoms with Crippen molar-refractivity contribution in [1.29, 1.82) is 0 Å². The number of phenolic OH excluding ortho intramolecular Hbond substituents is 1. The topological polar surface area (TPSA) is 20.2 Å². The lowest BCUT2D eigenvalue weighted by Crippen LogP contribution is -1.84. The van der Waals surface area contributed by atoms with Gasteiger partial charge in [-0.3, -0.25) is 0 Å². The van der Waals surface area contributed by atoms with Crippen LogP contribution >= 0.6 is 0 Å². The highest BCUT2D eigenvalue weighted by Crippen LogP contribution is 2.28. The summed E-state index contributed by atoms with van der Waals surface area (Å²) in [5.41, 5.74) is 0.811. The van der Waals surface area contributed by atoms with Crippen LogP contribution in [0.4, 0.5) is 0 Å². The van der Waals surface area contributed by atoms with E-state index < -0.39 is 0 Å². The Balaban J connectivity index is 2.70. The molecule has 0 heterocycles. The van der Waals surface area contributed by atoms with Crippen LogP contribution in [0.5, 0.6) is 5.75 Å². The van der Waals surface area contributed by atoms with Crippen molar-refractivity contribution in [1.82, 2.24) is 0 Å². The van der Waals surface area contributed by atoms with Gasteiger partial charge >= 0.3 is 0 Å². The zero-order valence-corrected chi connectivity index (χ0v) is 7.70. The lowest BCUT2D eigenvalue weighted by molar-refractivity contribution is 0.476. The van der Waals surface area contributed by atoms with Gasteiger partial charge in [-0.15, -0.1) is 12.3 Å². The van der Waals surface area contributed by atoms with Crippen molar-refractivity contribution in [3.05, 3.63) is 42.0 Å². The van der Waals surface area contributed by atoms with E-state index in [0.29, 0.717) is 12.2 Å². The summed E-state index contributed by atoms with van der Waals surface area (Å²) in [5, 5.41) is 11.8. The molecule has 1 N–H and O–H groups in total. The molecule has 0 fully saturated rings. The molecule has 2 rings (SSSR count). The highest BCUT2D eigenvalue weighted by atomic mass is 16.3. The fourth-order valence-electron chi connectivity index (χ4n) is 1.55. The molecule has 0 saturated carbocycles. The Morgan fingerprint density at radius 3 is 2.71 bits per heavy atom. The molecule has 0 amide bonds. The van der Waals surface area contributed by atoms with Crippen LogP contribution in [0.25, 0.3) is 10.8 Å². The van der Waals surface area contributed by atoms with E-state index in [4.69, 9.17) is 6.42 Å². The van der Waals surface area contributed by atoms with E-state index in [-0.39, 0.29) is 0 Å². The van der Waals surface area contributed by atoms with Gasteiger partial charge in [0.15, 0.2) is 0 Å². The molecule has 0 radical (unpaired) electrons. The third kappa shape index (κ3) is 1.31. The summed E-state index contributed by atoms with van der Waals surface area (Å²) in [7, 11) is 0. The molecule has 0 spiro atoms. The smallest absolute Gasteiger partial charge is 0.127 e. The van der Waals surface area contributed by atoms with Crippen molar-refractivity contribution in [2.75, 3.05) is 0 Å². The van der Waals surface area contributed by atoms with E-state index in [0.717, 1.165) is 16.3 Å². The third-order valence-corrected chi connectivity index (χ3v) is 2.28. The summed E-state index contributed by atoms with van der Waals surface area (Å²) in [5.74, 6) is 2.84. The molecule has 0 aliphatic rings. The fourth-order valence-corrected chi connectivity index (χ4v) is 1.55. The minimum atomic E-state index is 0.307. The summed E-state index contributed by atoms with van der Waals surface area (Å²) in [4.78, 5) is 0. The minimum absolute atomic E-state index is 0.307. The van der Waals surface area contributed by atoms with Crippen LogP contribution < -0.4 is 0 Å². The lowest BCUT2D eigenvalue weighted by atomic mass is 10.0. The summed E-state index contributed by atoms with van der Waals surface area (Å²) in [6.07, 6.45) is 5.68. The van der Waals surface area contributed by atoms with E-state index in [1.54, 1.807) is 0 Å². The zero-order chi connectivity index (χ0) is 9.97. The Morgan fingerprint density at radius 1 is 1.14 bits per heavy atom. The van der Waals surface area contributed by atoms with Gasteiger partial charge < -0.3 is 5.11 Å². The van der Waals surface area contributed by atoms with Crippen LogP contribution in [0.3, 0.4) is 0 Å². The van der Waals surface area contributed by atoms with Crippen molar-refractivity contribution in [3.8, 4) is 18.1 Å². The summed E-state index contributed by atoms with van der Waals surface area (Å²) >= 11 is 0. The van der Waals surface area contributed by atoms with Gasteiger partial charge in [0.1, 0.15) is 5.75 Å². The molecule has 0 bridgehead atoms. The van der Waals surface area contributed by atoms with Gasteiger partial charge in [-0.05, 0) is 5.39 Å². The van der Waals surface area contributed by atoms with Crippen molar-refractivity contribution in [2.45, 2.75) is 6.42 Å². The number of phenols is 1. The standard InChI is InChI=1S/C13H10O/c1-2-5-11-9-8-10-6-3-4-7-12(10)13(11)14/h1,3-4,6-9,14H,5H2. The van der Waals surface area contributed by atoms with Gasteiger partial charge in [-0.1, -0.05) is 36.4 Å². The van der Waals surface area contributed by atoms with Crippen molar-refractivity contribution >= 4 is 10.8 Å². The molecule has 1 nitrogen and oxygen atoms in total. The van der Waals surface area contributed by atoms with Gasteiger partial charge in [-0.25, -0.2) is 0 Å². The largest absolute Gasteiger partial charge is 0.507 e. The second-order valence-corrected chi connectivity index (χ2v) is 3.18. The molecular weight excluding hydrogens is 172 g/mol. The normalized spacial score (nSPS) is 9.93. The highest BCUT2D eigenvalue weighted by molar-refractivity contribution is 5.89. The molecule has 0 aliphatic carbocycles. The number of hydrogen-bond acceptors (Lipinski definition) is 1. The first-order chi connectivity index (χ1) is 6.83. The Hall–Kier alpha value is -1.94. The third-order valence-electron chi connectivity index (χ3n) is 2.28. The van der Waals surface area contributed by atoms with E-state index in [2.05, 4.69) is 5.92 Å². The number of fused-ring (bicyclic) bond motifs is 1. The van der Waals surface area contributed by atoms with Crippen molar-refractivity contribution < 1.29 is 5.11 Å². The Labute approximate surface area is 83.0 Å². The Kier molecular flexibility index (Phi) is 2.12. The molecule has 0 atom stereocenters. The van der Waals surface area contributed by atoms with Crippen molar-refractivity contribution in [2.24, 2.45) is 0 Å². The first kappa shape index (κ1) is 8.65. The van der Waals surface area contributed by atoms with Crippen LogP contribution in [0.2, 0.25) is 0 Å². The van der Waals surface area contributed by atoms with Crippen LogP contribution in [-0.4, -0.2) is 5.11 Å². The molecular formula is C13H10O. The number of rotatable bonds is 1. The molecule has 14 heavy (non-hydrogen) atoms. The maximum atomic E-state index is 9.89. The van der Waals surface area contributed by atoms with Gasteiger partial charge in [0.2, 0.25) is 0 Å². The SMILES string of the molecule is C#CCc1ccc2ccccc2c1O. The number of aromatic hydroxyl groups is 1. The molecule has 0 aliphatic heterocycles. The molecule has 1 heteroatoms. The average molecular weight is 182 g/mol. The minimum Gasteiger partial charge on any atom is -0.507 e. The Morgan fingerprint density at radius 2 is 1.93 bits per heavy atom. The van der Waals surface area contributed by atoms with E-state index in [1.165, 1.54) is 0 Å². The molecule has 2 aromatic rings. The molecule has 68 valence electrons. The van der Waals surface area contributed by atoms with Gasteiger partial charge in [0.05, 0.1) is 0 Å². The average Bonchev–Trinajstić information content (AvgIpc) is 2.23. The second kappa shape index (κ2) is 3.43. The predicted octanol–water partition coefficient (Wildman–Crippen LogP) is 2.72. The number of hydrogen-bond donors (Lipinski definition) is 1. The van der Waals surface area contributed by atoms with E-state index in [1.807, 2.05) is 36.4 Å². The Bertz CT molecular complexity index is 506. The lowest BCUT2D eigenvalue weighted by Gasteiger charge is -2.04. The maximum absolute atomic E-state index is 9.89. The van der Waals surface area contributed by atoms with Gasteiger partial charge in [-0.2, -0.15) is 0 Å². The molecule has 2 aromatic carbocycles. The van der Waals surface area contributed by atoms with Crippen LogP contribution in [0.15, 0.2) is 36.4 Å². The number of benzene rings is 2. The van der Waals surface area contributed by atoms with E-state index >= 15 is 0 Å². The van der Waals surface area contributed by atoms with Crippen LogP contribution in [0.1, 0.15) is 5.56 Å². The van der Waals surface area contributed by atoms with Gasteiger partial charge in [0.25, 0.3) is 0 Å². The van der Waals surface area contributed by atoms with Crippen LogP contribution in [0, 0.1) is 12.3 Å². The summed E-state index contributed by atoms with van der Waals surface area (Å²) < 4.78 is 0. The monoisotopic (exact) mass is 182 g/mol. The quantitative estimate of drug-likeness (QED) is 0.672. The summed E-state index contributed by atoms with van der Waals surface area (Å²) in [6, 6.07) is 11.6. The molecule has 0 unspecified atom stereocenters. The predicted molar refractivity (Wildman–Crippen MR) is 58.1 cm³/mol. The molecule has 0 saturated heterocycles. The van der Waals surface area contributed by atoms with Crippen molar-refractivity contribution in [3.63, 3.8) is 0 Å². The highest BCUT2D eigenvalue weighted by Gasteiger charge is 2.03. The molecule has 0 aromatic heterocycles. The first-order valence-corrected chi connectivity index (χ1v) is 4.46. The first-order valence-electron chi connectivity index (χ1n) is 4.46. The zero-order valence-electron chi connectivity index (χ0n) is 7.70. The summed E-state index contributed by atoms with van der Waals surface area (Å²) in [6.45, 7) is 0. The maximum Gasteiger partial charge on any atom is 0.127 e. The van der Waals surface area contributed by atoms with E-state index in [9.17, 15) is 5.11 Å². The fraction of sp³-hybridized carbons (Fsp3) is 0.0769.